The van der Waals surface area contributed by atoms with Gasteiger partial charge >= 0.3 is 0 Å². The molecule has 4 rings (SSSR count). The lowest BCUT2D eigenvalue weighted by Gasteiger charge is -2.06. The molecule has 142 valence electrons. The van der Waals surface area contributed by atoms with Crippen LogP contribution in [0.25, 0.3) is 52.3 Å². The van der Waals surface area contributed by atoms with Gasteiger partial charge in [-0.25, -0.2) is 47.7 Å². The van der Waals surface area contributed by atoms with E-state index >= 15 is 0 Å². The second kappa shape index (κ2) is 6.75. The Kier molecular flexibility index (Phi) is 4.33. The van der Waals surface area contributed by atoms with Crippen molar-refractivity contribution in [3.8, 4) is 12.1 Å². The first kappa shape index (κ1) is 19.2. The van der Waals surface area contributed by atoms with E-state index in [1.165, 1.54) is 0 Å². The smallest absolute Gasteiger partial charge is 0.244 e. The van der Waals surface area contributed by atoms with Crippen LogP contribution in [0, 0.1) is 59.1 Å². The van der Waals surface area contributed by atoms with Crippen molar-refractivity contribution < 1.29 is 17.6 Å². The van der Waals surface area contributed by atoms with Crippen LogP contribution in [0.4, 0.5) is 17.6 Å². The fourth-order valence-corrected chi connectivity index (χ4v) is 4.88. The fraction of sp³-hybridized carbons (Fsp3) is 0. The molecule has 4 aromatic rings. The quantitative estimate of drug-likeness (QED) is 0.308. The summed E-state index contributed by atoms with van der Waals surface area (Å²) in [6, 6.07) is 3.10. The summed E-state index contributed by atoms with van der Waals surface area (Å²) < 4.78 is 58.2. The molecule has 0 aliphatic rings. The molecule has 0 atom stereocenters. The van der Waals surface area contributed by atoms with E-state index in [0.29, 0.717) is 22.7 Å². The Bertz CT molecular complexity index is 1580. The van der Waals surface area contributed by atoms with Crippen molar-refractivity contribution in [3.05, 3.63) is 55.4 Å². The van der Waals surface area contributed by atoms with Crippen LogP contribution in [0.5, 0.6) is 0 Å². The Morgan fingerprint density at radius 1 is 0.733 bits per heavy atom. The molecule has 0 bridgehead atoms. The number of aromatic nitrogens is 2. The average molecular weight is 440 g/mol. The summed E-state index contributed by atoms with van der Waals surface area (Å²) in [5.74, 6) is -6.01. The van der Waals surface area contributed by atoms with Crippen molar-refractivity contribution in [3.63, 3.8) is 0 Å². The van der Waals surface area contributed by atoms with Gasteiger partial charge < -0.3 is 0 Å². The van der Waals surface area contributed by atoms with Crippen LogP contribution in [-0.4, -0.2) is 9.97 Å². The third-order valence-electron chi connectivity index (χ3n) is 4.04. The molecule has 0 saturated carbocycles. The number of halogens is 4. The lowest BCUT2D eigenvalue weighted by Crippen LogP contribution is -2.01. The monoisotopic (exact) mass is 440 g/mol. The Morgan fingerprint density at radius 2 is 1.10 bits per heavy atom. The third-order valence-corrected chi connectivity index (χ3v) is 6.20. The Morgan fingerprint density at radius 3 is 1.40 bits per heavy atom. The van der Waals surface area contributed by atoms with E-state index in [2.05, 4.69) is 19.7 Å². The highest BCUT2D eigenvalue weighted by Gasteiger charge is 2.27. The highest BCUT2D eigenvalue weighted by atomic mass is 32.1. The molecule has 0 radical (unpaired) electrons. The van der Waals surface area contributed by atoms with E-state index in [1.54, 1.807) is 12.1 Å². The average Bonchev–Trinajstić information content (AvgIpc) is 3.36. The van der Waals surface area contributed by atoms with Crippen molar-refractivity contribution in [1.29, 1.82) is 10.5 Å². The molecule has 0 fully saturated rings. The van der Waals surface area contributed by atoms with Gasteiger partial charge in [-0.15, -0.1) is 22.7 Å². The van der Waals surface area contributed by atoms with Crippen molar-refractivity contribution in [1.82, 2.24) is 9.97 Å². The SMILES string of the molecule is [C-]#[N+]/C(C#N)=c1/nc2c(F)c(F)c3c4s/c(=C(\C#N)[N+]#[C-])nc4c(F)c(F)c3c2s1. The number of nitrogens with zero attached hydrogens (tertiary/aromatic N) is 6. The summed E-state index contributed by atoms with van der Waals surface area (Å²) >= 11 is 1.08. The molecule has 30 heavy (non-hydrogen) atoms. The van der Waals surface area contributed by atoms with Crippen LogP contribution < -0.4 is 9.33 Å². The van der Waals surface area contributed by atoms with Gasteiger partial charge in [0.2, 0.25) is 0 Å². The molecule has 0 aliphatic heterocycles. The molecule has 12 heteroatoms. The zero-order valence-electron chi connectivity index (χ0n) is 14.0. The first-order chi connectivity index (χ1) is 14.4. The van der Waals surface area contributed by atoms with E-state index in [4.69, 9.17) is 23.7 Å². The van der Waals surface area contributed by atoms with Crippen LogP contribution in [0.3, 0.4) is 0 Å². The van der Waals surface area contributed by atoms with Gasteiger partial charge in [0.15, 0.2) is 23.3 Å². The van der Waals surface area contributed by atoms with Gasteiger partial charge in [0.1, 0.15) is 20.4 Å². The zero-order chi connectivity index (χ0) is 21.7. The largest absolute Gasteiger partial charge is 0.296 e. The highest BCUT2D eigenvalue weighted by molar-refractivity contribution is 7.19. The van der Waals surface area contributed by atoms with Gasteiger partial charge in [-0.2, -0.15) is 0 Å². The topological polar surface area (TPSA) is 82.1 Å². The summed E-state index contributed by atoms with van der Waals surface area (Å²) in [4.78, 5) is 13.3. The maximum Gasteiger partial charge on any atom is 0.296 e. The lowest BCUT2D eigenvalue weighted by molar-refractivity contribution is 0.516. The second-order valence-electron chi connectivity index (χ2n) is 5.54. The van der Waals surface area contributed by atoms with Crippen molar-refractivity contribution >= 4 is 65.3 Å². The molecule has 0 amide bonds. The highest BCUT2D eigenvalue weighted by Crippen LogP contribution is 2.40. The third kappa shape index (κ3) is 2.42. The van der Waals surface area contributed by atoms with E-state index in [1.807, 2.05) is 0 Å². The molecule has 2 aromatic heterocycles. The maximum atomic E-state index is 14.9. The number of fused-ring (bicyclic) bond motifs is 5. The zero-order valence-corrected chi connectivity index (χ0v) is 15.6. The normalized spacial score (nSPS) is 12.9. The van der Waals surface area contributed by atoms with Gasteiger partial charge in [-0.1, -0.05) is 0 Å². The molecule has 2 aromatic carbocycles. The summed E-state index contributed by atoms with van der Waals surface area (Å²) in [5, 5.41) is 16.7. The first-order valence-electron chi connectivity index (χ1n) is 7.56. The molecule has 0 spiro atoms. The standard InChI is InChI=1S/C18F4N6S2/c1-25-5(3-23)17-27-13-11(21)10(20)8-7(15(13)29-17)9(19)12(22)14-16(8)30-18(28-14)6(4-24)26-2/b17-5-,18-6+. The number of thiazole rings is 2. The number of hydrogen-bond donors (Lipinski definition) is 0. The molecule has 0 unspecified atom stereocenters. The predicted molar refractivity (Wildman–Crippen MR) is 101 cm³/mol. The van der Waals surface area contributed by atoms with Crippen LogP contribution >= 0.6 is 22.7 Å². The molecule has 2 heterocycles. The van der Waals surface area contributed by atoms with E-state index in [0.717, 1.165) is 0 Å². The van der Waals surface area contributed by atoms with Gasteiger partial charge in [-0.05, 0) is 0 Å². The molecular weight excluding hydrogens is 440 g/mol. The van der Waals surface area contributed by atoms with E-state index < -0.39 is 56.5 Å². The molecule has 0 aliphatic carbocycles. The summed E-state index contributed by atoms with van der Waals surface area (Å²) in [5.41, 5.74) is -2.33. The molecule has 0 N–H and O–H groups in total. The summed E-state index contributed by atoms with van der Waals surface area (Å²) in [6.07, 6.45) is 0. The van der Waals surface area contributed by atoms with E-state index in [9.17, 15) is 17.6 Å². The number of benzene rings is 2. The van der Waals surface area contributed by atoms with Gasteiger partial charge in [0.05, 0.1) is 34.7 Å². The van der Waals surface area contributed by atoms with Crippen molar-refractivity contribution in [2.45, 2.75) is 0 Å². The summed E-state index contributed by atoms with van der Waals surface area (Å²) in [6.45, 7) is 13.9. The minimum absolute atomic E-state index is 0.272. The number of nitriles is 2. The second-order valence-corrected chi connectivity index (χ2v) is 7.54. The fourth-order valence-electron chi connectivity index (χ4n) is 2.79. The minimum Gasteiger partial charge on any atom is -0.244 e. The molecular formula is C18F4N6S2. The van der Waals surface area contributed by atoms with Crippen molar-refractivity contribution in [2.75, 3.05) is 0 Å². The van der Waals surface area contributed by atoms with Crippen LogP contribution in [0.1, 0.15) is 0 Å². The minimum atomic E-state index is -1.53. The molecule has 6 nitrogen and oxygen atoms in total. The first-order valence-corrected chi connectivity index (χ1v) is 9.19. The predicted octanol–water partition coefficient (Wildman–Crippen LogP) is 3.72. The van der Waals surface area contributed by atoms with Crippen molar-refractivity contribution in [2.24, 2.45) is 0 Å². The molecule has 0 saturated heterocycles. The van der Waals surface area contributed by atoms with E-state index in [-0.39, 0.29) is 18.7 Å². The summed E-state index contributed by atoms with van der Waals surface area (Å²) in [7, 11) is 0. The number of rotatable bonds is 0. The maximum absolute atomic E-state index is 14.9. The Hall–Kier alpha value is -4.10. The lowest BCUT2D eigenvalue weighted by atomic mass is 10.1. The Labute approximate surface area is 171 Å². The number of hydrogen-bond acceptors (Lipinski definition) is 6. The van der Waals surface area contributed by atoms with Crippen LogP contribution in [-0.2, 0) is 0 Å². The van der Waals surface area contributed by atoms with Gasteiger partial charge in [0.25, 0.3) is 11.4 Å². The Balaban J connectivity index is 2.39. The van der Waals surface area contributed by atoms with Gasteiger partial charge in [0, 0.05) is 10.8 Å². The van der Waals surface area contributed by atoms with Crippen LogP contribution in [0.15, 0.2) is 0 Å². The van der Waals surface area contributed by atoms with Crippen LogP contribution in [0.2, 0.25) is 0 Å². The van der Waals surface area contributed by atoms with Gasteiger partial charge in [-0.3, -0.25) is 0 Å².